The van der Waals surface area contributed by atoms with Gasteiger partial charge in [-0.1, -0.05) is 13.8 Å². The maximum absolute atomic E-state index is 9.28. The molecule has 1 atom stereocenters. The van der Waals surface area contributed by atoms with Crippen molar-refractivity contribution in [3.63, 3.8) is 0 Å². The van der Waals surface area contributed by atoms with Gasteiger partial charge in [0.25, 0.3) is 0 Å². The Hall–Kier alpha value is -0.870. The van der Waals surface area contributed by atoms with Crippen molar-refractivity contribution in [3.8, 4) is 0 Å². The van der Waals surface area contributed by atoms with Gasteiger partial charge >= 0.3 is 0 Å². The van der Waals surface area contributed by atoms with Gasteiger partial charge in [0.2, 0.25) is 0 Å². The van der Waals surface area contributed by atoms with Gasteiger partial charge in [-0.15, -0.1) is 0 Å². The van der Waals surface area contributed by atoms with Crippen LogP contribution >= 0.6 is 0 Å². The zero-order valence-corrected chi connectivity index (χ0v) is 11.3. The topological polar surface area (TPSA) is 41.3 Å². The van der Waals surface area contributed by atoms with Crippen LogP contribution in [0.25, 0.3) is 0 Å². The van der Waals surface area contributed by atoms with E-state index in [0.29, 0.717) is 6.61 Å². The third-order valence-corrected chi connectivity index (χ3v) is 3.71. The SMILES string of the molecule is CCN1CCCC1(CC)CO.Cn1cccn1. The summed E-state index contributed by atoms with van der Waals surface area (Å²) in [6, 6.07) is 1.89. The van der Waals surface area contributed by atoms with Crippen molar-refractivity contribution in [2.24, 2.45) is 7.05 Å². The molecular weight excluding hydrogens is 214 g/mol. The molecule has 4 heteroatoms. The summed E-state index contributed by atoms with van der Waals surface area (Å²) in [5.74, 6) is 0. The Balaban J connectivity index is 0.000000202. The third-order valence-electron chi connectivity index (χ3n) is 3.71. The van der Waals surface area contributed by atoms with E-state index in [0.717, 1.165) is 13.0 Å². The Morgan fingerprint density at radius 2 is 2.18 bits per heavy atom. The molecule has 1 aromatic heterocycles. The number of nitrogens with zero attached hydrogens (tertiary/aromatic N) is 3. The van der Waals surface area contributed by atoms with Gasteiger partial charge in [0.15, 0.2) is 0 Å². The van der Waals surface area contributed by atoms with Gasteiger partial charge < -0.3 is 5.11 Å². The molecule has 1 unspecified atom stereocenters. The summed E-state index contributed by atoms with van der Waals surface area (Å²) in [4.78, 5) is 2.41. The molecule has 17 heavy (non-hydrogen) atoms. The standard InChI is InChI=1S/C9H19NO.C4H6N2/c1-3-9(8-11)6-5-7-10(9)4-2;1-6-4-2-3-5-6/h11H,3-8H2,1-2H3;2-4H,1H3. The molecule has 0 radical (unpaired) electrons. The molecule has 1 saturated heterocycles. The van der Waals surface area contributed by atoms with E-state index >= 15 is 0 Å². The zero-order valence-electron chi connectivity index (χ0n) is 11.3. The first kappa shape index (κ1) is 14.2. The molecule has 0 amide bonds. The Morgan fingerprint density at radius 3 is 2.47 bits per heavy atom. The predicted molar refractivity (Wildman–Crippen MR) is 69.8 cm³/mol. The summed E-state index contributed by atoms with van der Waals surface area (Å²) in [6.07, 6.45) is 7.15. The van der Waals surface area contributed by atoms with E-state index in [1.165, 1.54) is 19.4 Å². The van der Waals surface area contributed by atoms with Gasteiger partial charge in [-0.25, -0.2) is 0 Å². The molecule has 0 saturated carbocycles. The van der Waals surface area contributed by atoms with Gasteiger partial charge in [-0.3, -0.25) is 9.58 Å². The maximum Gasteiger partial charge on any atom is 0.0615 e. The van der Waals surface area contributed by atoms with Crippen LogP contribution in [0, 0.1) is 0 Å². The van der Waals surface area contributed by atoms with Crippen molar-refractivity contribution >= 4 is 0 Å². The number of rotatable bonds is 3. The van der Waals surface area contributed by atoms with Crippen molar-refractivity contribution < 1.29 is 5.11 Å². The Labute approximate surface area is 104 Å². The molecule has 1 N–H and O–H groups in total. The molecule has 1 aliphatic rings. The maximum atomic E-state index is 9.28. The van der Waals surface area contributed by atoms with E-state index in [2.05, 4.69) is 23.8 Å². The molecule has 1 fully saturated rings. The Bertz CT molecular complexity index is 294. The van der Waals surface area contributed by atoms with Crippen LogP contribution in [0.2, 0.25) is 0 Å². The minimum atomic E-state index is 0.134. The molecule has 0 aliphatic carbocycles. The number of aromatic nitrogens is 2. The van der Waals surface area contributed by atoms with Crippen LogP contribution in [0.5, 0.6) is 0 Å². The van der Waals surface area contributed by atoms with Gasteiger partial charge in [0, 0.05) is 25.0 Å². The van der Waals surface area contributed by atoms with Gasteiger partial charge in [-0.2, -0.15) is 5.10 Å². The molecule has 2 rings (SSSR count). The average molecular weight is 239 g/mol. The fraction of sp³-hybridized carbons (Fsp3) is 0.769. The normalized spacial score (nSPS) is 24.5. The molecular formula is C13H25N3O. The molecule has 1 aliphatic heterocycles. The zero-order chi connectivity index (χ0) is 12.7. The number of hydrogen-bond donors (Lipinski definition) is 1. The van der Waals surface area contributed by atoms with Gasteiger partial charge in [-0.05, 0) is 38.4 Å². The van der Waals surface area contributed by atoms with E-state index in [1.807, 2.05) is 19.3 Å². The lowest BCUT2D eigenvalue weighted by Gasteiger charge is -2.35. The molecule has 0 aromatic carbocycles. The van der Waals surface area contributed by atoms with E-state index in [4.69, 9.17) is 0 Å². The number of likely N-dealkylation sites (tertiary alicyclic amines) is 1. The van der Waals surface area contributed by atoms with Crippen LogP contribution in [0.15, 0.2) is 18.5 Å². The second-order valence-electron chi connectivity index (χ2n) is 4.60. The number of aryl methyl sites for hydroxylation is 1. The summed E-state index contributed by atoms with van der Waals surface area (Å²) in [5, 5.41) is 13.1. The van der Waals surface area contributed by atoms with Crippen molar-refractivity contribution in [2.45, 2.75) is 38.6 Å². The first-order valence-corrected chi connectivity index (χ1v) is 6.48. The van der Waals surface area contributed by atoms with Crippen LogP contribution in [0.1, 0.15) is 33.1 Å². The first-order valence-electron chi connectivity index (χ1n) is 6.48. The highest BCUT2D eigenvalue weighted by Gasteiger charge is 2.37. The first-order chi connectivity index (χ1) is 8.18. The van der Waals surface area contributed by atoms with Crippen molar-refractivity contribution in [1.29, 1.82) is 0 Å². The van der Waals surface area contributed by atoms with Crippen LogP contribution in [0.4, 0.5) is 0 Å². The Morgan fingerprint density at radius 1 is 1.41 bits per heavy atom. The molecule has 0 bridgehead atoms. The summed E-state index contributed by atoms with van der Waals surface area (Å²) in [5.41, 5.74) is 0.134. The van der Waals surface area contributed by atoms with Gasteiger partial charge in [0.1, 0.15) is 0 Å². The summed E-state index contributed by atoms with van der Waals surface area (Å²) < 4.78 is 1.75. The van der Waals surface area contributed by atoms with E-state index < -0.39 is 0 Å². The largest absolute Gasteiger partial charge is 0.394 e. The second-order valence-corrected chi connectivity index (χ2v) is 4.60. The number of hydrogen-bond acceptors (Lipinski definition) is 3. The fourth-order valence-electron chi connectivity index (χ4n) is 2.52. The average Bonchev–Trinajstić information content (AvgIpc) is 2.98. The highest BCUT2D eigenvalue weighted by Crippen LogP contribution is 2.31. The Kier molecular flexibility index (Phi) is 5.65. The number of aliphatic hydroxyl groups excluding tert-OH is 1. The predicted octanol–water partition coefficient (Wildman–Crippen LogP) is 1.66. The lowest BCUT2D eigenvalue weighted by molar-refractivity contribution is 0.0647. The molecule has 2 heterocycles. The molecule has 98 valence electrons. The monoisotopic (exact) mass is 239 g/mol. The highest BCUT2D eigenvalue weighted by molar-refractivity contribution is 4.93. The van der Waals surface area contributed by atoms with Gasteiger partial charge in [0.05, 0.1) is 6.61 Å². The lowest BCUT2D eigenvalue weighted by Crippen LogP contribution is -2.46. The summed E-state index contributed by atoms with van der Waals surface area (Å²) in [6.45, 7) is 6.92. The van der Waals surface area contributed by atoms with E-state index in [1.54, 1.807) is 10.9 Å². The van der Waals surface area contributed by atoms with Crippen LogP contribution in [-0.4, -0.2) is 45.0 Å². The number of likely N-dealkylation sites (N-methyl/N-ethyl adjacent to an activating group) is 1. The van der Waals surface area contributed by atoms with Crippen LogP contribution < -0.4 is 0 Å². The minimum absolute atomic E-state index is 0.134. The summed E-state index contributed by atoms with van der Waals surface area (Å²) in [7, 11) is 1.89. The van der Waals surface area contributed by atoms with Crippen LogP contribution in [-0.2, 0) is 7.05 Å². The van der Waals surface area contributed by atoms with Crippen molar-refractivity contribution in [3.05, 3.63) is 18.5 Å². The fourth-order valence-corrected chi connectivity index (χ4v) is 2.52. The molecule has 4 nitrogen and oxygen atoms in total. The quantitative estimate of drug-likeness (QED) is 0.872. The lowest BCUT2D eigenvalue weighted by atomic mass is 9.94. The third kappa shape index (κ3) is 3.54. The highest BCUT2D eigenvalue weighted by atomic mass is 16.3. The summed E-state index contributed by atoms with van der Waals surface area (Å²) >= 11 is 0. The number of aliphatic hydroxyl groups is 1. The smallest absolute Gasteiger partial charge is 0.0615 e. The van der Waals surface area contributed by atoms with Crippen molar-refractivity contribution in [2.75, 3.05) is 19.7 Å². The van der Waals surface area contributed by atoms with E-state index in [-0.39, 0.29) is 5.54 Å². The van der Waals surface area contributed by atoms with Crippen molar-refractivity contribution in [1.82, 2.24) is 14.7 Å². The minimum Gasteiger partial charge on any atom is -0.394 e. The van der Waals surface area contributed by atoms with Crippen LogP contribution in [0.3, 0.4) is 0 Å². The molecule has 1 aromatic rings. The molecule has 0 spiro atoms. The second kappa shape index (κ2) is 6.77. The van der Waals surface area contributed by atoms with E-state index in [9.17, 15) is 5.11 Å².